The summed E-state index contributed by atoms with van der Waals surface area (Å²) in [6.45, 7) is 4.83. The van der Waals surface area contributed by atoms with Crippen molar-refractivity contribution in [1.29, 1.82) is 0 Å². The molecule has 0 aromatic heterocycles. The van der Waals surface area contributed by atoms with Crippen LogP contribution in [0.5, 0.6) is 5.75 Å². The molecule has 7 heteroatoms. The number of morpholine rings is 1. The second kappa shape index (κ2) is 9.17. The maximum atomic E-state index is 12.0. The zero-order valence-corrected chi connectivity index (χ0v) is 16.6. The van der Waals surface area contributed by atoms with Crippen molar-refractivity contribution < 1.29 is 14.3 Å². The van der Waals surface area contributed by atoms with Gasteiger partial charge in [0.25, 0.3) is 5.91 Å². The molecule has 1 fully saturated rings. The molecule has 1 heterocycles. The van der Waals surface area contributed by atoms with Crippen molar-refractivity contribution >= 4 is 40.4 Å². The number of carbonyl (C=O) groups is 1. The van der Waals surface area contributed by atoms with E-state index in [9.17, 15) is 4.79 Å². The Morgan fingerprint density at radius 3 is 2.59 bits per heavy atom. The molecule has 2 aromatic carbocycles. The van der Waals surface area contributed by atoms with Crippen LogP contribution in [0.15, 0.2) is 42.5 Å². The van der Waals surface area contributed by atoms with E-state index in [0.29, 0.717) is 29.7 Å². The number of rotatable bonds is 5. The van der Waals surface area contributed by atoms with E-state index in [0.717, 1.165) is 29.2 Å². The average Bonchev–Trinajstić information content (AvgIpc) is 2.70. The molecule has 1 aliphatic rings. The Kier molecular flexibility index (Phi) is 6.66. The molecule has 2 aromatic rings. The van der Waals surface area contributed by atoms with Gasteiger partial charge in [-0.25, -0.2) is 0 Å². The lowest BCUT2D eigenvalue weighted by molar-refractivity contribution is -0.118. The highest BCUT2D eigenvalue weighted by atomic mass is 35.5. The number of halogens is 1. The summed E-state index contributed by atoms with van der Waals surface area (Å²) >= 11 is 11.6. The van der Waals surface area contributed by atoms with Gasteiger partial charge in [0, 0.05) is 29.4 Å². The first-order valence-electron chi connectivity index (χ1n) is 8.69. The van der Waals surface area contributed by atoms with Gasteiger partial charge in [0.05, 0.1) is 13.2 Å². The Morgan fingerprint density at radius 2 is 1.93 bits per heavy atom. The standard InChI is InChI=1S/C20H21ClN2O3S/c1-14-2-5-16(12-18(14)21)22-19(24)13-26-17-6-3-15(4-7-17)20(27)23-8-10-25-11-9-23/h2-7,12H,8-11,13H2,1H3,(H,22,24). The first kappa shape index (κ1) is 19.6. The first-order valence-corrected chi connectivity index (χ1v) is 9.47. The first-order chi connectivity index (χ1) is 13.0. The van der Waals surface area contributed by atoms with Gasteiger partial charge < -0.3 is 19.7 Å². The van der Waals surface area contributed by atoms with Crippen molar-refractivity contribution in [3.8, 4) is 5.75 Å². The molecule has 3 rings (SSSR count). The molecule has 1 amide bonds. The lowest BCUT2D eigenvalue weighted by Gasteiger charge is -2.29. The Morgan fingerprint density at radius 1 is 1.22 bits per heavy atom. The summed E-state index contributed by atoms with van der Waals surface area (Å²) in [6, 6.07) is 12.8. The number of thiocarbonyl (C=S) groups is 1. The zero-order chi connectivity index (χ0) is 19.2. The number of hydrogen-bond acceptors (Lipinski definition) is 4. The minimum absolute atomic E-state index is 0.0846. The number of nitrogens with one attached hydrogen (secondary N) is 1. The van der Waals surface area contributed by atoms with Crippen LogP contribution in [0.25, 0.3) is 0 Å². The molecule has 0 unspecified atom stereocenters. The fourth-order valence-corrected chi connectivity index (χ4v) is 3.16. The highest BCUT2D eigenvalue weighted by Crippen LogP contribution is 2.20. The quantitative estimate of drug-likeness (QED) is 0.770. The molecule has 0 atom stereocenters. The van der Waals surface area contributed by atoms with Crippen LogP contribution in [0.2, 0.25) is 5.02 Å². The molecule has 1 N–H and O–H groups in total. The van der Waals surface area contributed by atoms with Gasteiger partial charge in [0.15, 0.2) is 6.61 Å². The maximum absolute atomic E-state index is 12.0. The summed E-state index contributed by atoms with van der Waals surface area (Å²) in [7, 11) is 0. The van der Waals surface area contributed by atoms with Crippen LogP contribution in [-0.4, -0.2) is 48.7 Å². The lowest BCUT2D eigenvalue weighted by atomic mass is 10.2. The van der Waals surface area contributed by atoms with Crippen LogP contribution >= 0.6 is 23.8 Å². The van der Waals surface area contributed by atoms with Crippen molar-refractivity contribution in [2.24, 2.45) is 0 Å². The Hall–Kier alpha value is -2.15. The maximum Gasteiger partial charge on any atom is 0.262 e. The van der Waals surface area contributed by atoms with Gasteiger partial charge in [-0.05, 0) is 48.9 Å². The SMILES string of the molecule is Cc1ccc(NC(=O)COc2ccc(C(=S)N3CCOCC3)cc2)cc1Cl. The summed E-state index contributed by atoms with van der Waals surface area (Å²) < 4.78 is 10.9. The van der Waals surface area contributed by atoms with Crippen LogP contribution in [-0.2, 0) is 9.53 Å². The lowest BCUT2D eigenvalue weighted by Crippen LogP contribution is -2.40. The van der Waals surface area contributed by atoms with E-state index in [2.05, 4.69) is 10.2 Å². The molecule has 27 heavy (non-hydrogen) atoms. The van der Waals surface area contributed by atoms with Crippen molar-refractivity contribution in [1.82, 2.24) is 4.90 Å². The number of carbonyl (C=O) groups excluding carboxylic acids is 1. The number of benzene rings is 2. The third-order valence-corrected chi connectivity index (χ3v) is 5.13. The molecule has 0 aliphatic carbocycles. The van der Waals surface area contributed by atoms with Gasteiger partial charge in [0.1, 0.15) is 10.7 Å². The van der Waals surface area contributed by atoms with Crippen LogP contribution in [0.4, 0.5) is 5.69 Å². The molecular formula is C20H21ClN2O3S. The molecular weight excluding hydrogens is 384 g/mol. The van der Waals surface area contributed by atoms with Crippen molar-refractivity contribution in [2.75, 3.05) is 38.2 Å². The number of hydrogen-bond donors (Lipinski definition) is 1. The van der Waals surface area contributed by atoms with Gasteiger partial charge in [-0.2, -0.15) is 0 Å². The van der Waals surface area contributed by atoms with E-state index in [1.54, 1.807) is 12.1 Å². The van der Waals surface area contributed by atoms with Crippen molar-refractivity contribution in [3.63, 3.8) is 0 Å². The molecule has 0 radical (unpaired) electrons. The number of nitrogens with zero attached hydrogens (tertiary/aromatic N) is 1. The van der Waals surface area contributed by atoms with Crippen molar-refractivity contribution in [2.45, 2.75) is 6.92 Å². The van der Waals surface area contributed by atoms with E-state index in [1.165, 1.54) is 0 Å². The fourth-order valence-electron chi connectivity index (χ4n) is 2.66. The molecule has 5 nitrogen and oxygen atoms in total. The number of aryl methyl sites for hydroxylation is 1. The third-order valence-electron chi connectivity index (χ3n) is 4.23. The summed E-state index contributed by atoms with van der Waals surface area (Å²) in [5, 5.41) is 3.38. The normalized spacial score (nSPS) is 13.9. The second-order valence-corrected chi connectivity index (χ2v) is 7.02. The van der Waals surface area contributed by atoms with Gasteiger partial charge in [0.2, 0.25) is 0 Å². The summed E-state index contributed by atoms with van der Waals surface area (Å²) in [5.41, 5.74) is 2.56. The third kappa shape index (κ3) is 5.42. The van der Waals surface area contributed by atoms with Gasteiger partial charge in [-0.3, -0.25) is 4.79 Å². The smallest absolute Gasteiger partial charge is 0.262 e. The molecule has 0 bridgehead atoms. The Balaban J connectivity index is 1.51. The molecule has 1 aliphatic heterocycles. The number of anilines is 1. The van der Waals surface area contributed by atoms with Gasteiger partial charge in [-0.1, -0.05) is 29.9 Å². The van der Waals surface area contributed by atoms with Gasteiger partial charge in [-0.15, -0.1) is 0 Å². The van der Waals surface area contributed by atoms with Crippen molar-refractivity contribution in [3.05, 3.63) is 58.6 Å². The van der Waals surface area contributed by atoms with E-state index in [-0.39, 0.29) is 12.5 Å². The topological polar surface area (TPSA) is 50.8 Å². The molecule has 142 valence electrons. The predicted octanol–water partition coefficient (Wildman–Crippen LogP) is 3.67. The van der Waals surface area contributed by atoms with Crippen LogP contribution < -0.4 is 10.1 Å². The minimum atomic E-state index is -0.247. The predicted molar refractivity (Wildman–Crippen MR) is 111 cm³/mol. The zero-order valence-electron chi connectivity index (χ0n) is 15.0. The summed E-state index contributed by atoms with van der Waals surface area (Å²) in [4.78, 5) is 15.0. The highest BCUT2D eigenvalue weighted by Gasteiger charge is 2.15. The number of ether oxygens (including phenoxy) is 2. The molecule has 1 saturated heterocycles. The average molecular weight is 405 g/mol. The molecule has 0 spiro atoms. The van der Waals surface area contributed by atoms with Gasteiger partial charge >= 0.3 is 0 Å². The number of amides is 1. The highest BCUT2D eigenvalue weighted by molar-refractivity contribution is 7.80. The monoisotopic (exact) mass is 404 g/mol. The van der Waals surface area contributed by atoms with E-state index >= 15 is 0 Å². The Labute approximate surface area is 169 Å². The summed E-state index contributed by atoms with van der Waals surface area (Å²) in [6.07, 6.45) is 0. The Bertz CT molecular complexity index is 820. The minimum Gasteiger partial charge on any atom is -0.484 e. The van der Waals surface area contributed by atoms with Crippen LogP contribution in [0.3, 0.4) is 0 Å². The largest absolute Gasteiger partial charge is 0.484 e. The van der Waals surface area contributed by atoms with E-state index < -0.39 is 0 Å². The van der Waals surface area contributed by atoms with E-state index in [1.807, 2.05) is 37.3 Å². The molecule has 0 saturated carbocycles. The summed E-state index contributed by atoms with van der Waals surface area (Å²) in [5.74, 6) is 0.364. The van der Waals surface area contributed by atoms with Crippen LogP contribution in [0.1, 0.15) is 11.1 Å². The van der Waals surface area contributed by atoms with Crippen LogP contribution in [0, 0.1) is 6.92 Å². The second-order valence-electron chi connectivity index (χ2n) is 6.23. The van der Waals surface area contributed by atoms with E-state index in [4.69, 9.17) is 33.3 Å². The fraction of sp³-hybridized carbons (Fsp3) is 0.300.